The zero-order chi connectivity index (χ0) is 16.5. The van der Waals surface area contributed by atoms with E-state index in [1.807, 2.05) is 12.4 Å². The standard InChI is InChI=1S/C17H27N5O2/c1-13-9-22-12-16(23)6-15(22)11-21(13)10-14-7-18-17(19-8-14)20-2-4-24-5-3-20/h7-8,13,15-16,23H,2-6,9-12H2,1H3/t13-,15?,16+/m0/s1. The lowest BCUT2D eigenvalue weighted by Gasteiger charge is -2.42. The largest absolute Gasteiger partial charge is 0.392 e. The van der Waals surface area contributed by atoms with E-state index in [-0.39, 0.29) is 6.10 Å². The summed E-state index contributed by atoms with van der Waals surface area (Å²) < 4.78 is 5.37. The molecule has 1 N–H and O–H groups in total. The van der Waals surface area contributed by atoms with Gasteiger partial charge < -0.3 is 14.7 Å². The van der Waals surface area contributed by atoms with Crippen LogP contribution < -0.4 is 4.90 Å². The van der Waals surface area contributed by atoms with Crippen LogP contribution in [0.1, 0.15) is 18.9 Å². The molecule has 0 aliphatic carbocycles. The summed E-state index contributed by atoms with van der Waals surface area (Å²) in [5, 5.41) is 9.88. The summed E-state index contributed by atoms with van der Waals surface area (Å²) in [5.41, 5.74) is 1.16. The fourth-order valence-electron chi connectivity index (χ4n) is 4.09. The van der Waals surface area contributed by atoms with Crippen molar-refractivity contribution < 1.29 is 9.84 Å². The number of aliphatic hydroxyl groups excluding tert-OH is 1. The van der Waals surface area contributed by atoms with Crippen LogP contribution in [-0.4, -0.2) is 89.0 Å². The van der Waals surface area contributed by atoms with E-state index in [0.717, 1.165) is 70.4 Å². The van der Waals surface area contributed by atoms with Crippen LogP contribution in [-0.2, 0) is 11.3 Å². The molecule has 3 aliphatic rings. The number of morpholine rings is 1. The third-order valence-electron chi connectivity index (χ3n) is 5.44. The summed E-state index contributed by atoms with van der Waals surface area (Å²) >= 11 is 0. The molecule has 1 aromatic heterocycles. The van der Waals surface area contributed by atoms with Gasteiger partial charge in [-0.2, -0.15) is 0 Å². The maximum absolute atomic E-state index is 9.88. The zero-order valence-corrected chi connectivity index (χ0v) is 14.3. The normalized spacial score (nSPS) is 32.1. The molecule has 3 atom stereocenters. The van der Waals surface area contributed by atoms with Gasteiger partial charge in [0.25, 0.3) is 0 Å². The van der Waals surface area contributed by atoms with Crippen LogP contribution in [0.2, 0.25) is 0 Å². The van der Waals surface area contributed by atoms with Crippen molar-refractivity contribution in [3.8, 4) is 0 Å². The van der Waals surface area contributed by atoms with Crippen molar-refractivity contribution in [2.24, 2.45) is 0 Å². The molecule has 3 fully saturated rings. The predicted octanol–water partition coefficient (Wildman–Crippen LogP) is -0.0475. The Morgan fingerprint density at radius 3 is 2.67 bits per heavy atom. The molecule has 132 valence electrons. The molecular weight excluding hydrogens is 306 g/mol. The monoisotopic (exact) mass is 333 g/mol. The number of hydrogen-bond acceptors (Lipinski definition) is 7. The van der Waals surface area contributed by atoms with E-state index in [0.29, 0.717) is 12.1 Å². The summed E-state index contributed by atoms with van der Waals surface area (Å²) in [6.07, 6.45) is 4.66. The minimum Gasteiger partial charge on any atom is -0.392 e. The molecule has 0 aromatic carbocycles. The molecule has 0 spiro atoms. The van der Waals surface area contributed by atoms with Gasteiger partial charge in [0.1, 0.15) is 0 Å². The predicted molar refractivity (Wildman–Crippen MR) is 90.9 cm³/mol. The van der Waals surface area contributed by atoms with Crippen LogP contribution in [0.4, 0.5) is 5.95 Å². The first-order chi connectivity index (χ1) is 11.7. The second-order valence-corrected chi connectivity index (χ2v) is 7.27. The van der Waals surface area contributed by atoms with Gasteiger partial charge in [-0.1, -0.05) is 0 Å². The fourth-order valence-corrected chi connectivity index (χ4v) is 4.09. The van der Waals surface area contributed by atoms with Crippen LogP contribution >= 0.6 is 0 Å². The highest BCUT2D eigenvalue weighted by Gasteiger charge is 2.38. The van der Waals surface area contributed by atoms with Crippen LogP contribution in [0.15, 0.2) is 12.4 Å². The van der Waals surface area contributed by atoms with Gasteiger partial charge in [0.15, 0.2) is 0 Å². The third-order valence-corrected chi connectivity index (χ3v) is 5.44. The highest BCUT2D eigenvalue weighted by atomic mass is 16.5. The van der Waals surface area contributed by atoms with Gasteiger partial charge in [0.2, 0.25) is 5.95 Å². The van der Waals surface area contributed by atoms with Crippen LogP contribution in [0.5, 0.6) is 0 Å². The van der Waals surface area contributed by atoms with E-state index >= 15 is 0 Å². The van der Waals surface area contributed by atoms with Gasteiger partial charge in [-0.25, -0.2) is 9.97 Å². The molecule has 4 heterocycles. The Labute approximate surface area is 143 Å². The van der Waals surface area contributed by atoms with Crippen molar-refractivity contribution in [1.29, 1.82) is 0 Å². The number of aromatic nitrogens is 2. The molecule has 1 aromatic rings. The molecule has 0 amide bonds. The molecule has 7 nitrogen and oxygen atoms in total. The summed E-state index contributed by atoms with van der Waals surface area (Å²) in [7, 11) is 0. The molecule has 0 bridgehead atoms. The molecule has 24 heavy (non-hydrogen) atoms. The topological polar surface area (TPSA) is 65.0 Å². The maximum atomic E-state index is 9.88. The van der Waals surface area contributed by atoms with E-state index in [1.54, 1.807) is 0 Å². The molecule has 0 radical (unpaired) electrons. The van der Waals surface area contributed by atoms with E-state index in [2.05, 4.69) is 31.6 Å². The van der Waals surface area contributed by atoms with E-state index in [4.69, 9.17) is 4.74 Å². The second kappa shape index (κ2) is 6.92. The number of aliphatic hydroxyl groups is 1. The summed E-state index contributed by atoms with van der Waals surface area (Å²) in [6.45, 7) is 9.26. The van der Waals surface area contributed by atoms with Gasteiger partial charge in [-0.3, -0.25) is 9.80 Å². The van der Waals surface area contributed by atoms with Crippen LogP contribution in [0, 0.1) is 0 Å². The average molecular weight is 333 g/mol. The van der Waals surface area contributed by atoms with Gasteiger partial charge in [-0.05, 0) is 13.3 Å². The Morgan fingerprint density at radius 2 is 1.92 bits per heavy atom. The third kappa shape index (κ3) is 3.39. The number of ether oxygens (including phenoxy) is 1. The number of piperazine rings is 1. The summed E-state index contributed by atoms with van der Waals surface area (Å²) in [6, 6.07) is 0.982. The fraction of sp³-hybridized carbons (Fsp3) is 0.765. The quantitative estimate of drug-likeness (QED) is 0.832. The van der Waals surface area contributed by atoms with Crippen molar-refractivity contribution in [3.63, 3.8) is 0 Å². The second-order valence-electron chi connectivity index (χ2n) is 7.27. The summed E-state index contributed by atoms with van der Waals surface area (Å²) in [4.78, 5) is 16.2. The Bertz CT molecular complexity index is 548. The number of rotatable bonds is 3. The summed E-state index contributed by atoms with van der Waals surface area (Å²) in [5.74, 6) is 0.804. The van der Waals surface area contributed by atoms with E-state index < -0.39 is 0 Å². The minimum absolute atomic E-state index is 0.154. The Kier molecular flexibility index (Phi) is 4.67. The zero-order valence-electron chi connectivity index (χ0n) is 14.3. The van der Waals surface area contributed by atoms with Crippen molar-refractivity contribution in [3.05, 3.63) is 18.0 Å². The molecule has 0 saturated carbocycles. The maximum Gasteiger partial charge on any atom is 0.225 e. The van der Waals surface area contributed by atoms with Gasteiger partial charge >= 0.3 is 0 Å². The molecule has 1 unspecified atom stereocenters. The van der Waals surface area contributed by atoms with Crippen molar-refractivity contribution in [2.45, 2.75) is 38.1 Å². The SMILES string of the molecule is C[C@H]1CN2C[C@H](O)CC2CN1Cc1cnc(N2CCOCC2)nc1. The van der Waals surface area contributed by atoms with Gasteiger partial charge in [0, 0.05) is 69.3 Å². The van der Waals surface area contributed by atoms with Crippen LogP contribution in [0.25, 0.3) is 0 Å². The number of hydrogen-bond donors (Lipinski definition) is 1. The van der Waals surface area contributed by atoms with Crippen molar-refractivity contribution in [2.75, 3.05) is 50.8 Å². The molecule has 4 rings (SSSR count). The first-order valence-corrected chi connectivity index (χ1v) is 8.99. The number of anilines is 1. The lowest BCUT2D eigenvalue weighted by atomic mass is 10.1. The van der Waals surface area contributed by atoms with Crippen LogP contribution in [0.3, 0.4) is 0 Å². The highest BCUT2D eigenvalue weighted by molar-refractivity contribution is 5.30. The minimum atomic E-state index is -0.154. The molecule has 3 saturated heterocycles. The first kappa shape index (κ1) is 16.2. The van der Waals surface area contributed by atoms with Gasteiger partial charge in [-0.15, -0.1) is 0 Å². The average Bonchev–Trinajstić information content (AvgIpc) is 2.95. The Hall–Kier alpha value is -1.28. The lowest BCUT2D eigenvalue weighted by molar-refractivity contribution is 0.0527. The Balaban J connectivity index is 1.38. The Morgan fingerprint density at radius 1 is 1.17 bits per heavy atom. The van der Waals surface area contributed by atoms with E-state index in [1.165, 1.54) is 0 Å². The number of nitrogens with zero attached hydrogens (tertiary/aromatic N) is 5. The first-order valence-electron chi connectivity index (χ1n) is 8.99. The molecular formula is C17H27N5O2. The molecule has 3 aliphatic heterocycles. The number of fused-ring (bicyclic) bond motifs is 1. The van der Waals surface area contributed by atoms with Crippen molar-refractivity contribution >= 4 is 5.95 Å². The highest BCUT2D eigenvalue weighted by Crippen LogP contribution is 2.26. The lowest BCUT2D eigenvalue weighted by Crippen LogP contribution is -2.54. The smallest absolute Gasteiger partial charge is 0.225 e. The molecule has 7 heteroatoms. The van der Waals surface area contributed by atoms with E-state index in [9.17, 15) is 5.11 Å². The van der Waals surface area contributed by atoms with Gasteiger partial charge in [0.05, 0.1) is 19.3 Å². The van der Waals surface area contributed by atoms with Crippen molar-refractivity contribution in [1.82, 2.24) is 19.8 Å².